The minimum atomic E-state index is 0.118. The Kier molecular flexibility index (Phi) is 2.97. The van der Waals surface area contributed by atoms with Crippen molar-refractivity contribution in [1.82, 2.24) is 4.98 Å². The summed E-state index contributed by atoms with van der Waals surface area (Å²) in [5, 5.41) is 0. The van der Waals surface area contributed by atoms with Crippen LogP contribution in [0.15, 0.2) is 24.5 Å². The summed E-state index contributed by atoms with van der Waals surface area (Å²) in [5.41, 5.74) is 1.17. The van der Waals surface area contributed by atoms with Crippen LogP contribution in [0.25, 0.3) is 0 Å². The van der Waals surface area contributed by atoms with Crippen molar-refractivity contribution in [1.29, 1.82) is 0 Å². The molecule has 0 fully saturated rings. The first-order chi connectivity index (χ1) is 5.70. The summed E-state index contributed by atoms with van der Waals surface area (Å²) < 4.78 is 0. The smallest absolute Gasteiger partial charge is 0.132 e. The molecule has 1 rings (SSSR count). The first kappa shape index (κ1) is 8.91. The molecule has 64 valence electrons. The summed E-state index contributed by atoms with van der Waals surface area (Å²) in [5.74, 6) is 0.360. The monoisotopic (exact) mass is 163 g/mol. The molecule has 0 aliphatic carbocycles. The van der Waals surface area contributed by atoms with E-state index >= 15 is 0 Å². The minimum Gasteiger partial charge on any atom is -0.300 e. The summed E-state index contributed by atoms with van der Waals surface area (Å²) in [4.78, 5) is 14.8. The third-order valence-corrected chi connectivity index (χ3v) is 1.99. The molecule has 1 aromatic rings. The van der Waals surface area contributed by atoms with Crippen LogP contribution in [-0.4, -0.2) is 10.8 Å². The molecular weight excluding hydrogens is 150 g/mol. The van der Waals surface area contributed by atoms with Crippen molar-refractivity contribution in [2.75, 3.05) is 0 Å². The highest BCUT2D eigenvalue weighted by atomic mass is 16.1. The van der Waals surface area contributed by atoms with Gasteiger partial charge in [0.1, 0.15) is 5.78 Å². The molecule has 0 aliphatic rings. The van der Waals surface area contributed by atoms with Crippen LogP contribution in [-0.2, 0) is 11.2 Å². The van der Waals surface area contributed by atoms with Crippen LogP contribution < -0.4 is 0 Å². The second-order valence-corrected chi connectivity index (χ2v) is 3.07. The van der Waals surface area contributed by atoms with Gasteiger partial charge in [-0.1, -0.05) is 6.92 Å². The molecule has 0 amide bonds. The molecule has 0 saturated carbocycles. The molecule has 0 N–H and O–H groups in total. The molecule has 0 aromatic carbocycles. The largest absolute Gasteiger partial charge is 0.300 e. The van der Waals surface area contributed by atoms with Crippen LogP contribution in [0.1, 0.15) is 19.4 Å². The topological polar surface area (TPSA) is 30.0 Å². The van der Waals surface area contributed by atoms with Crippen LogP contribution in [0, 0.1) is 5.92 Å². The third kappa shape index (κ3) is 2.46. The van der Waals surface area contributed by atoms with Crippen molar-refractivity contribution >= 4 is 5.78 Å². The lowest BCUT2D eigenvalue weighted by molar-refractivity contribution is -0.120. The van der Waals surface area contributed by atoms with Gasteiger partial charge in [0.2, 0.25) is 0 Å². The lowest BCUT2D eigenvalue weighted by atomic mass is 9.99. The van der Waals surface area contributed by atoms with E-state index in [4.69, 9.17) is 0 Å². The van der Waals surface area contributed by atoms with Gasteiger partial charge in [0.05, 0.1) is 0 Å². The van der Waals surface area contributed by atoms with Crippen molar-refractivity contribution in [2.24, 2.45) is 5.92 Å². The number of hydrogen-bond donors (Lipinski definition) is 0. The van der Waals surface area contributed by atoms with Crippen LogP contribution in [0.5, 0.6) is 0 Å². The van der Waals surface area contributed by atoms with Gasteiger partial charge in [0.15, 0.2) is 0 Å². The predicted molar refractivity (Wildman–Crippen MR) is 47.8 cm³/mol. The zero-order chi connectivity index (χ0) is 8.97. The average molecular weight is 163 g/mol. The van der Waals surface area contributed by atoms with E-state index < -0.39 is 0 Å². The van der Waals surface area contributed by atoms with E-state index in [0.717, 1.165) is 6.42 Å². The molecule has 0 radical (unpaired) electrons. The molecule has 0 bridgehead atoms. The van der Waals surface area contributed by atoms with E-state index in [9.17, 15) is 4.79 Å². The van der Waals surface area contributed by atoms with Gasteiger partial charge in [0.25, 0.3) is 0 Å². The maximum Gasteiger partial charge on any atom is 0.132 e. The highest BCUT2D eigenvalue weighted by molar-refractivity contribution is 5.78. The number of ketones is 1. The third-order valence-electron chi connectivity index (χ3n) is 1.99. The van der Waals surface area contributed by atoms with Gasteiger partial charge < -0.3 is 0 Å². The maximum atomic E-state index is 10.9. The van der Waals surface area contributed by atoms with Crippen molar-refractivity contribution < 1.29 is 4.79 Å². The fraction of sp³-hybridized carbons (Fsp3) is 0.400. The molecule has 2 heteroatoms. The van der Waals surface area contributed by atoms with Crippen LogP contribution in [0.3, 0.4) is 0 Å². The zero-order valence-electron chi connectivity index (χ0n) is 7.45. The lowest BCUT2D eigenvalue weighted by Gasteiger charge is -2.05. The van der Waals surface area contributed by atoms with Crippen LogP contribution in [0.4, 0.5) is 0 Å². The minimum absolute atomic E-state index is 0.118. The van der Waals surface area contributed by atoms with Gasteiger partial charge in [-0.05, 0) is 31.0 Å². The van der Waals surface area contributed by atoms with Crippen LogP contribution in [0.2, 0.25) is 0 Å². The molecule has 1 aromatic heterocycles. The fourth-order valence-electron chi connectivity index (χ4n) is 1.02. The second kappa shape index (κ2) is 4.00. The normalized spacial score (nSPS) is 12.5. The molecule has 0 aliphatic heterocycles. The molecule has 1 heterocycles. The number of pyridine rings is 1. The van der Waals surface area contributed by atoms with E-state index in [1.54, 1.807) is 19.3 Å². The first-order valence-electron chi connectivity index (χ1n) is 4.09. The number of aromatic nitrogens is 1. The Morgan fingerprint density at radius 2 is 2.08 bits per heavy atom. The molecule has 1 atom stereocenters. The number of hydrogen-bond acceptors (Lipinski definition) is 2. The standard InChI is InChI=1S/C10H13NO/c1-8(9(2)12)7-10-3-5-11-6-4-10/h3-6,8H,7H2,1-2H3/t8-/m1/s1. The molecule has 0 saturated heterocycles. The SMILES string of the molecule is CC(=O)[C@H](C)Cc1ccncc1. The van der Waals surface area contributed by atoms with Gasteiger partial charge in [0, 0.05) is 18.3 Å². The molecule has 0 spiro atoms. The average Bonchev–Trinajstić information content (AvgIpc) is 2.06. The Bertz CT molecular complexity index is 256. The Balaban J connectivity index is 2.58. The van der Waals surface area contributed by atoms with Crippen molar-refractivity contribution in [3.63, 3.8) is 0 Å². The number of rotatable bonds is 3. The first-order valence-corrected chi connectivity index (χ1v) is 4.09. The zero-order valence-corrected chi connectivity index (χ0v) is 7.45. The summed E-state index contributed by atoms with van der Waals surface area (Å²) in [6, 6.07) is 3.89. The summed E-state index contributed by atoms with van der Waals surface area (Å²) in [7, 11) is 0. The predicted octanol–water partition coefficient (Wildman–Crippen LogP) is 1.85. The Morgan fingerprint density at radius 1 is 1.50 bits per heavy atom. The molecule has 0 unspecified atom stereocenters. The van der Waals surface area contributed by atoms with E-state index in [2.05, 4.69) is 4.98 Å². The van der Waals surface area contributed by atoms with Gasteiger partial charge in [-0.3, -0.25) is 9.78 Å². The summed E-state index contributed by atoms with van der Waals surface area (Å²) >= 11 is 0. The van der Waals surface area contributed by atoms with Gasteiger partial charge in [-0.15, -0.1) is 0 Å². The van der Waals surface area contributed by atoms with E-state index in [0.29, 0.717) is 0 Å². The molecular formula is C10H13NO. The summed E-state index contributed by atoms with van der Waals surface area (Å²) in [6.45, 7) is 3.58. The highest BCUT2D eigenvalue weighted by Crippen LogP contribution is 2.07. The number of carbonyl (C=O) groups is 1. The fourth-order valence-corrected chi connectivity index (χ4v) is 1.02. The Hall–Kier alpha value is -1.18. The van der Waals surface area contributed by atoms with Crippen molar-refractivity contribution in [3.05, 3.63) is 30.1 Å². The number of Topliss-reactive ketones (excluding diaryl/α,β-unsaturated/α-hetero) is 1. The maximum absolute atomic E-state index is 10.9. The molecule has 2 nitrogen and oxygen atoms in total. The van der Waals surface area contributed by atoms with E-state index in [-0.39, 0.29) is 11.7 Å². The number of carbonyl (C=O) groups excluding carboxylic acids is 1. The summed E-state index contributed by atoms with van der Waals surface area (Å²) in [6.07, 6.45) is 4.32. The van der Waals surface area contributed by atoms with E-state index in [1.807, 2.05) is 19.1 Å². The van der Waals surface area contributed by atoms with Crippen molar-refractivity contribution in [3.8, 4) is 0 Å². The van der Waals surface area contributed by atoms with Crippen molar-refractivity contribution in [2.45, 2.75) is 20.3 Å². The quantitative estimate of drug-likeness (QED) is 0.680. The second-order valence-electron chi connectivity index (χ2n) is 3.07. The highest BCUT2D eigenvalue weighted by Gasteiger charge is 2.07. The van der Waals surface area contributed by atoms with Gasteiger partial charge in [-0.25, -0.2) is 0 Å². The Morgan fingerprint density at radius 3 is 2.58 bits per heavy atom. The number of nitrogens with zero attached hydrogens (tertiary/aromatic N) is 1. The van der Waals surface area contributed by atoms with E-state index in [1.165, 1.54) is 5.56 Å². The van der Waals surface area contributed by atoms with Gasteiger partial charge >= 0.3 is 0 Å². The Labute approximate surface area is 72.6 Å². The lowest BCUT2D eigenvalue weighted by Crippen LogP contribution is -2.09. The van der Waals surface area contributed by atoms with Gasteiger partial charge in [-0.2, -0.15) is 0 Å². The molecule has 12 heavy (non-hydrogen) atoms. The van der Waals surface area contributed by atoms with Crippen LogP contribution >= 0.6 is 0 Å².